The number of hydrogen-bond donors (Lipinski definition) is 2. The molecule has 4 aromatic rings. The number of amides is 1. The highest BCUT2D eigenvalue weighted by Crippen LogP contribution is 2.32. The summed E-state index contributed by atoms with van der Waals surface area (Å²) < 4.78 is 0. The number of carbonyl (C=O) groups is 1. The zero-order chi connectivity index (χ0) is 21.5. The SMILES string of the molecule is Cc1ccc(C(=O)NC2CC2)cc1-c1ccc2c(-c3c[nH]c(=O)cc3C)nncc2c1. The second-order valence-corrected chi connectivity index (χ2v) is 8.17. The molecule has 2 N–H and O–H groups in total. The third kappa shape index (κ3) is 3.72. The van der Waals surface area contributed by atoms with Gasteiger partial charge in [-0.1, -0.05) is 18.2 Å². The molecule has 0 saturated heterocycles. The summed E-state index contributed by atoms with van der Waals surface area (Å²) in [7, 11) is 0. The fraction of sp³-hybridized carbons (Fsp3) is 0.200. The number of rotatable bonds is 4. The Kier molecular flexibility index (Phi) is 4.62. The maximum Gasteiger partial charge on any atom is 0.251 e. The van der Waals surface area contributed by atoms with E-state index in [1.54, 1.807) is 18.5 Å². The summed E-state index contributed by atoms with van der Waals surface area (Å²) in [5.41, 5.74) is 6.09. The number of nitrogens with one attached hydrogen (secondary N) is 2. The Morgan fingerprint density at radius 3 is 2.65 bits per heavy atom. The van der Waals surface area contributed by atoms with Crippen molar-refractivity contribution < 1.29 is 4.79 Å². The number of aromatic nitrogens is 3. The summed E-state index contributed by atoms with van der Waals surface area (Å²) in [6.07, 6.45) is 5.55. The molecule has 2 aromatic heterocycles. The van der Waals surface area contributed by atoms with Gasteiger partial charge in [0.25, 0.3) is 5.91 Å². The Morgan fingerprint density at radius 1 is 1.03 bits per heavy atom. The second kappa shape index (κ2) is 7.47. The lowest BCUT2D eigenvalue weighted by atomic mass is 9.95. The molecule has 0 aliphatic heterocycles. The quantitative estimate of drug-likeness (QED) is 0.529. The Morgan fingerprint density at radius 2 is 1.87 bits per heavy atom. The van der Waals surface area contributed by atoms with Gasteiger partial charge in [0.1, 0.15) is 5.69 Å². The first-order valence-electron chi connectivity index (χ1n) is 10.4. The van der Waals surface area contributed by atoms with Gasteiger partial charge in [-0.15, -0.1) is 5.10 Å². The third-order valence-corrected chi connectivity index (χ3v) is 5.77. The van der Waals surface area contributed by atoms with E-state index >= 15 is 0 Å². The minimum Gasteiger partial charge on any atom is -0.349 e. The largest absolute Gasteiger partial charge is 0.349 e. The minimum absolute atomic E-state index is 0.0220. The van der Waals surface area contributed by atoms with E-state index in [1.807, 2.05) is 44.2 Å². The number of carbonyl (C=O) groups excluding carboxylic acids is 1. The van der Waals surface area contributed by atoms with Crippen molar-refractivity contribution in [3.8, 4) is 22.4 Å². The molecule has 154 valence electrons. The zero-order valence-electron chi connectivity index (χ0n) is 17.4. The van der Waals surface area contributed by atoms with Crippen LogP contribution in [0.2, 0.25) is 0 Å². The number of aromatic amines is 1. The first-order chi connectivity index (χ1) is 15.0. The average molecular weight is 410 g/mol. The Hall–Kier alpha value is -3.80. The van der Waals surface area contributed by atoms with Gasteiger partial charge in [0.15, 0.2) is 0 Å². The number of fused-ring (bicyclic) bond motifs is 1. The monoisotopic (exact) mass is 410 g/mol. The number of aryl methyl sites for hydroxylation is 2. The summed E-state index contributed by atoms with van der Waals surface area (Å²) in [6, 6.07) is 13.8. The van der Waals surface area contributed by atoms with E-state index < -0.39 is 0 Å². The Balaban J connectivity index is 1.58. The lowest BCUT2D eigenvalue weighted by molar-refractivity contribution is 0.0951. The molecule has 0 bridgehead atoms. The van der Waals surface area contributed by atoms with E-state index in [0.717, 1.165) is 57.1 Å². The molecule has 0 unspecified atom stereocenters. The zero-order valence-corrected chi connectivity index (χ0v) is 17.4. The molecule has 1 aliphatic rings. The van der Waals surface area contributed by atoms with Crippen molar-refractivity contribution in [3.63, 3.8) is 0 Å². The standard InChI is InChI=1S/C25H22N4O2/c1-14-3-4-17(25(31)28-19-6-7-19)11-21(14)16-5-8-20-18(10-16)12-27-29-24(20)22-13-26-23(30)9-15(22)2/h3-5,8-13,19H,6-7H2,1-2H3,(H,26,30)(H,28,31). The molecule has 1 fully saturated rings. The molecule has 5 rings (SSSR count). The molecule has 1 saturated carbocycles. The summed E-state index contributed by atoms with van der Waals surface area (Å²) in [5.74, 6) is -0.0220. The topological polar surface area (TPSA) is 87.7 Å². The second-order valence-electron chi connectivity index (χ2n) is 8.17. The van der Waals surface area contributed by atoms with Crippen LogP contribution in [0.4, 0.5) is 0 Å². The minimum atomic E-state index is -0.141. The predicted molar refractivity (Wildman–Crippen MR) is 121 cm³/mol. The maximum absolute atomic E-state index is 12.5. The van der Waals surface area contributed by atoms with Crippen molar-refractivity contribution in [1.29, 1.82) is 0 Å². The molecule has 2 heterocycles. The van der Waals surface area contributed by atoms with Crippen LogP contribution in [0.1, 0.15) is 34.3 Å². The third-order valence-electron chi connectivity index (χ3n) is 5.77. The molecule has 6 heteroatoms. The van der Waals surface area contributed by atoms with Gasteiger partial charge in [0, 0.05) is 40.2 Å². The molecule has 1 aliphatic carbocycles. The number of hydrogen-bond acceptors (Lipinski definition) is 4. The van der Waals surface area contributed by atoms with Crippen molar-refractivity contribution in [1.82, 2.24) is 20.5 Å². The van der Waals surface area contributed by atoms with Crippen molar-refractivity contribution in [2.75, 3.05) is 0 Å². The van der Waals surface area contributed by atoms with Gasteiger partial charge in [0.05, 0.1) is 6.20 Å². The van der Waals surface area contributed by atoms with Crippen molar-refractivity contribution in [3.05, 3.63) is 81.9 Å². The van der Waals surface area contributed by atoms with Gasteiger partial charge in [-0.2, -0.15) is 5.10 Å². The van der Waals surface area contributed by atoms with Crippen LogP contribution in [0.25, 0.3) is 33.2 Å². The molecule has 0 atom stereocenters. The predicted octanol–water partition coefficient (Wildman–Crippen LogP) is 4.16. The normalized spacial score (nSPS) is 13.4. The molecule has 0 radical (unpaired) electrons. The van der Waals surface area contributed by atoms with Gasteiger partial charge < -0.3 is 10.3 Å². The van der Waals surface area contributed by atoms with Crippen LogP contribution in [0, 0.1) is 13.8 Å². The van der Waals surface area contributed by atoms with E-state index in [9.17, 15) is 9.59 Å². The smallest absolute Gasteiger partial charge is 0.251 e. The molecule has 31 heavy (non-hydrogen) atoms. The molecule has 1 amide bonds. The highest BCUT2D eigenvalue weighted by atomic mass is 16.1. The average Bonchev–Trinajstić information content (AvgIpc) is 3.57. The number of pyridine rings is 1. The van der Waals surface area contributed by atoms with Gasteiger partial charge in [-0.3, -0.25) is 9.59 Å². The van der Waals surface area contributed by atoms with Crippen LogP contribution < -0.4 is 10.9 Å². The lowest BCUT2D eigenvalue weighted by Crippen LogP contribution is -2.25. The van der Waals surface area contributed by atoms with Crippen LogP contribution in [0.15, 0.2) is 59.7 Å². The highest BCUT2D eigenvalue weighted by Gasteiger charge is 2.24. The summed E-state index contributed by atoms with van der Waals surface area (Å²) in [5, 5.41) is 13.5. The first kappa shape index (κ1) is 19.2. The van der Waals surface area contributed by atoms with Gasteiger partial charge in [-0.05, 0) is 67.1 Å². The van der Waals surface area contributed by atoms with E-state index in [1.165, 1.54) is 0 Å². The highest BCUT2D eigenvalue weighted by molar-refractivity contribution is 5.98. The van der Waals surface area contributed by atoms with Crippen LogP contribution >= 0.6 is 0 Å². The molecular formula is C25H22N4O2. The maximum atomic E-state index is 12.5. The number of benzene rings is 2. The number of nitrogens with zero attached hydrogens (tertiary/aromatic N) is 2. The van der Waals surface area contributed by atoms with E-state index in [2.05, 4.69) is 26.6 Å². The fourth-order valence-corrected chi connectivity index (χ4v) is 3.85. The first-order valence-corrected chi connectivity index (χ1v) is 10.4. The summed E-state index contributed by atoms with van der Waals surface area (Å²) in [4.78, 5) is 26.8. The molecular weight excluding hydrogens is 388 g/mol. The molecule has 0 spiro atoms. The van der Waals surface area contributed by atoms with E-state index in [-0.39, 0.29) is 11.5 Å². The van der Waals surface area contributed by atoms with Gasteiger partial charge in [0.2, 0.25) is 5.56 Å². The van der Waals surface area contributed by atoms with Gasteiger partial charge in [-0.25, -0.2) is 0 Å². The lowest BCUT2D eigenvalue weighted by Gasteiger charge is -2.12. The van der Waals surface area contributed by atoms with Crippen molar-refractivity contribution in [2.45, 2.75) is 32.7 Å². The molecule has 2 aromatic carbocycles. The fourth-order valence-electron chi connectivity index (χ4n) is 3.85. The van der Waals surface area contributed by atoms with E-state index in [4.69, 9.17) is 0 Å². The van der Waals surface area contributed by atoms with Crippen LogP contribution in [-0.2, 0) is 0 Å². The number of H-pyrrole nitrogens is 1. The Labute approximate surface area is 179 Å². The molecule has 6 nitrogen and oxygen atoms in total. The van der Waals surface area contributed by atoms with Crippen LogP contribution in [0.3, 0.4) is 0 Å². The van der Waals surface area contributed by atoms with Crippen LogP contribution in [0.5, 0.6) is 0 Å². The summed E-state index contributed by atoms with van der Waals surface area (Å²) in [6.45, 7) is 3.93. The van der Waals surface area contributed by atoms with Crippen molar-refractivity contribution in [2.24, 2.45) is 0 Å². The van der Waals surface area contributed by atoms with Crippen LogP contribution in [-0.4, -0.2) is 27.1 Å². The van der Waals surface area contributed by atoms with E-state index in [0.29, 0.717) is 11.6 Å². The summed E-state index contributed by atoms with van der Waals surface area (Å²) >= 11 is 0. The van der Waals surface area contributed by atoms with Gasteiger partial charge >= 0.3 is 0 Å². The Bertz CT molecular complexity index is 1390. The van der Waals surface area contributed by atoms with Crippen molar-refractivity contribution >= 4 is 16.7 Å².